The lowest BCUT2D eigenvalue weighted by Crippen LogP contribution is -2.50. The number of hydrogen-bond donors (Lipinski definition) is 2. The summed E-state index contributed by atoms with van der Waals surface area (Å²) in [7, 11) is 0. The van der Waals surface area contributed by atoms with Gasteiger partial charge >= 0.3 is 5.97 Å². The van der Waals surface area contributed by atoms with Gasteiger partial charge in [-0.1, -0.05) is 11.8 Å². The molecule has 2 N–H and O–H groups in total. The Morgan fingerprint density at radius 3 is 2.68 bits per heavy atom. The van der Waals surface area contributed by atoms with E-state index in [-0.39, 0.29) is 18.2 Å². The van der Waals surface area contributed by atoms with Crippen LogP contribution in [0, 0.1) is 11.3 Å². The van der Waals surface area contributed by atoms with Gasteiger partial charge in [-0.25, -0.2) is 9.97 Å². The van der Waals surface area contributed by atoms with E-state index in [1.807, 2.05) is 16.7 Å². The molecule has 1 amide bonds. The van der Waals surface area contributed by atoms with Gasteiger partial charge in [-0.3, -0.25) is 15.0 Å². The summed E-state index contributed by atoms with van der Waals surface area (Å²) in [6, 6.07) is 3.78. The van der Waals surface area contributed by atoms with Crippen LogP contribution < -0.4 is 15.0 Å². The Bertz CT molecular complexity index is 1450. The molecule has 0 aliphatic carbocycles. The summed E-state index contributed by atoms with van der Waals surface area (Å²) in [6.45, 7) is 6.75. The Morgan fingerprint density at radius 1 is 1.26 bits per heavy atom. The average Bonchev–Trinajstić information content (AvgIpc) is 3.50. The monoisotopic (exact) mass is 604 g/mol. The molecule has 0 atom stereocenters. The molecular weight excluding hydrogens is 576 g/mol. The lowest BCUT2D eigenvalue weighted by atomic mass is 9.92. The topological polar surface area (TPSA) is 135 Å². The van der Waals surface area contributed by atoms with Gasteiger partial charge in [-0.2, -0.15) is 0 Å². The summed E-state index contributed by atoms with van der Waals surface area (Å²) in [4.78, 5) is 39.1. The summed E-state index contributed by atoms with van der Waals surface area (Å²) in [6.07, 6.45) is 4.30. The molecule has 1 aromatic carbocycles. The lowest BCUT2D eigenvalue weighted by Gasteiger charge is -2.36. The number of nitrogens with one attached hydrogen (secondary N) is 2. The highest BCUT2D eigenvalue weighted by Crippen LogP contribution is 2.42. The number of H-pyrrole nitrogens is 1. The molecule has 202 valence electrons. The summed E-state index contributed by atoms with van der Waals surface area (Å²) in [5.74, 6) is 1.20. The number of benzene rings is 1. The molecule has 2 aliphatic heterocycles. The van der Waals surface area contributed by atoms with E-state index in [0.29, 0.717) is 53.4 Å². The molecular formula is C25H29BrN6O5S. The van der Waals surface area contributed by atoms with E-state index in [4.69, 9.17) is 24.6 Å². The van der Waals surface area contributed by atoms with Crippen molar-refractivity contribution in [2.75, 3.05) is 19.9 Å². The molecule has 11 nitrogen and oxygen atoms in total. The second-order valence-corrected chi connectivity index (χ2v) is 11.8. The maximum Gasteiger partial charge on any atom is 0.303 e. The number of amides is 1. The van der Waals surface area contributed by atoms with Crippen LogP contribution in [-0.4, -0.2) is 61.8 Å². The van der Waals surface area contributed by atoms with Gasteiger partial charge in [-0.15, -0.1) is 0 Å². The van der Waals surface area contributed by atoms with E-state index in [1.54, 1.807) is 25.1 Å². The molecule has 2 aliphatic rings. The van der Waals surface area contributed by atoms with Crippen molar-refractivity contribution < 1.29 is 23.8 Å². The van der Waals surface area contributed by atoms with Crippen molar-refractivity contribution in [2.45, 2.75) is 62.2 Å². The Hall–Kier alpha value is -3.06. The molecule has 1 saturated heterocycles. The SMILES string of the molecule is CC(=O)OC(C)(C)C(=O)N1CCC(CCn2cnc(=N)c3[nH]c(Sc4cc5c(cc4Br)OCO5)nc32)CC1. The van der Waals surface area contributed by atoms with Gasteiger partial charge < -0.3 is 28.7 Å². The zero-order chi connectivity index (χ0) is 27.0. The van der Waals surface area contributed by atoms with Crippen LogP contribution in [0.3, 0.4) is 0 Å². The number of aromatic amines is 1. The minimum Gasteiger partial charge on any atom is -0.454 e. The zero-order valence-corrected chi connectivity index (χ0v) is 23.8. The van der Waals surface area contributed by atoms with Crippen LogP contribution in [0.1, 0.15) is 40.0 Å². The number of halogens is 1. The van der Waals surface area contributed by atoms with E-state index in [0.717, 1.165) is 28.6 Å². The van der Waals surface area contributed by atoms with Gasteiger partial charge in [0.05, 0.1) is 6.33 Å². The number of carbonyl (C=O) groups excluding carboxylic acids is 2. The third-order valence-corrected chi connectivity index (χ3v) is 8.59. The van der Waals surface area contributed by atoms with E-state index in [9.17, 15) is 9.59 Å². The molecule has 38 heavy (non-hydrogen) atoms. The quantitative estimate of drug-likeness (QED) is 0.388. The molecule has 2 aromatic heterocycles. The average molecular weight is 606 g/mol. The molecule has 0 unspecified atom stereocenters. The fourth-order valence-electron chi connectivity index (χ4n) is 4.79. The van der Waals surface area contributed by atoms with Gasteiger partial charge in [0.2, 0.25) is 6.79 Å². The first-order valence-electron chi connectivity index (χ1n) is 12.4. The van der Waals surface area contributed by atoms with Crippen LogP contribution in [0.4, 0.5) is 0 Å². The molecule has 13 heteroatoms. The number of nitrogens with zero attached hydrogens (tertiary/aromatic N) is 4. The largest absolute Gasteiger partial charge is 0.454 e. The normalized spacial score (nSPS) is 15.7. The van der Waals surface area contributed by atoms with Crippen molar-refractivity contribution in [3.05, 3.63) is 28.4 Å². The summed E-state index contributed by atoms with van der Waals surface area (Å²) in [5.41, 5.74) is 0.248. The number of aromatic nitrogens is 4. The predicted octanol–water partition coefficient (Wildman–Crippen LogP) is 3.85. The lowest BCUT2D eigenvalue weighted by molar-refractivity contribution is -0.169. The fraction of sp³-hybridized carbons (Fsp3) is 0.480. The highest BCUT2D eigenvalue weighted by Gasteiger charge is 2.36. The summed E-state index contributed by atoms with van der Waals surface area (Å²) < 4.78 is 19.0. The molecule has 0 radical (unpaired) electrons. The maximum absolute atomic E-state index is 12.8. The van der Waals surface area contributed by atoms with Crippen LogP contribution in [0.15, 0.2) is 33.0 Å². The third-order valence-electron chi connectivity index (χ3n) is 6.73. The highest BCUT2D eigenvalue weighted by molar-refractivity contribution is 9.10. The Kier molecular flexibility index (Phi) is 7.40. The smallest absolute Gasteiger partial charge is 0.303 e. The number of esters is 1. The minimum atomic E-state index is -1.16. The molecule has 4 heterocycles. The first kappa shape index (κ1) is 26.5. The van der Waals surface area contributed by atoms with Crippen LogP contribution in [0.25, 0.3) is 11.2 Å². The Balaban J connectivity index is 1.24. The summed E-state index contributed by atoms with van der Waals surface area (Å²) in [5, 5.41) is 8.91. The van der Waals surface area contributed by atoms with E-state index in [1.165, 1.54) is 18.7 Å². The van der Waals surface area contributed by atoms with Crippen LogP contribution in [0.5, 0.6) is 11.5 Å². The van der Waals surface area contributed by atoms with Crippen molar-refractivity contribution in [3.63, 3.8) is 0 Å². The number of ether oxygens (including phenoxy) is 3. The van der Waals surface area contributed by atoms with Crippen molar-refractivity contribution in [1.82, 2.24) is 24.4 Å². The van der Waals surface area contributed by atoms with Crippen LogP contribution in [0.2, 0.25) is 0 Å². The third kappa shape index (κ3) is 5.53. The highest BCUT2D eigenvalue weighted by atomic mass is 79.9. The molecule has 0 saturated carbocycles. The van der Waals surface area contributed by atoms with Gasteiger partial charge in [0.15, 0.2) is 33.4 Å². The minimum absolute atomic E-state index is 0.141. The molecule has 1 fully saturated rings. The van der Waals surface area contributed by atoms with Crippen molar-refractivity contribution in [3.8, 4) is 11.5 Å². The van der Waals surface area contributed by atoms with Gasteiger partial charge in [0, 0.05) is 35.9 Å². The Morgan fingerprint density at radius 2 is 1.97 bits per heavy atom. The molecule has 0 bridgehead atoms. The van der Waals surface area contributed by atoms with Gasteiger partial charge in [0.25, 0.3) is 5.91 Å². The van der Waals surface area contributed by atoms with Crippen molar-refractivity contribution >= 4 is 50.7 Å². The van der Waals surface area contributed by atoms with Gasteiger partial charge in [-0.05, 0) is 67.1 Å². The maximum atomic E-state index is 12.8. The molecule has 0 spiro atoms. The van der Waals surface area contributed by atoms with Gasteiger partial charge in [0.1, 0.15) is 5.52 Å². The second-order valence-electron chi connectivity index (χ2n) is 9.89. The standard InChI is InChI=1S/C25H29BrN6O5S/c1-14(33)37-25(2,3)23(34)31-7-4-15(5-8-31)6-9-32-12-28-21(27)20-22(32)30-24(29-20)38-19-11-18-17(10-16(19)26)35-13-36-18/h10-12,15,27H,4-9,13H2,1-3H3,(H,29,30). The van der Waals surface area contributed by atoms with Crippen molar-refractivity contribution in [2.24, 2.45) is 5.92 Å². The Labute approximate surface area is 231 Å². The number of hydrogen-bond acceptors (Lipinski definition) is 9. The molecule has 5 rings (SSSR count). The first-order valence-corrected chi connectivity index (χ1v) is 14.0. The van der Waals surface area contributed by atoms with E-state index < -0.39 is 11.6 Å². The number of carbonyl (C=O) groups is 2. The first-order chi connectivity index (χ1) is 18.1. The second kappa shape index (κ2) is 10.6. The summed E-state index contributed by atoms with van der Waals surface area (Å²) >= 11 is 5.02. The predicted molar refractivity (Wildman–Crippen MR) is 142 cm³/mol. The fourth-order valence-corrected chi connectivity index (χ4v) is 6.17. The van der Waals surface area contributed by atoms with Crippen molar-refractivity contribution in [1.29, 1.82) is 5.41 Å². The number of aryl methyl sites for hydroxylation is 1. The number of fused-ring (bicyclic) bond motifs is 2. The van der Waals surface area contributed by atoms with Crippen LogP contribution >= 0.6 is 27.7 Å². The zero-order valence-electron chi connectivity index (χ0n) is 21.4. The number of rotatable bonds is 7. The number of likely N-dealkylation sites (tertiary alicyclic amines) is 1. The van der Waals surface area contributed by atoms with E-state index in [2.05, 4.69) is 25.9 Å². The van der Waals surface area contributed by atoms with Crippen LogP contribution in [-0.2, 0) is 20.9 Å². The van der Waals surface area contributed by atoms with E-state index >= 15 is 0 Å². The number of piperidine rings is 1. The molecule has 3 aromatic rings. The number of imidazole rings is 1.